The topological polar surface area (TPSA) is 12.9 Å². The molecule has 1 aromatic heterocycles. The van der Waals surface area contributed by atoms with Crippen LogP contribution in [0.2, 0.25) is 0 Å². The van der Waals surface area contributed by atoms with Gasteiger partial charge < -0.3 is 0 Å². The van der Waals surface area contributed by atoms with Crippen LogP contribution in [0.5, 0.6) is 0 Å². The van der Waals surface area contributed by atoms with Crippen LogP contribution in [0.1, 0.15) is 22.3 Å². The van der Waals surface area contributed by atoms with Gasteiger partial charge in [-0.05, 0) is 65.9 Å². The quantitative estimate of drug-likeness (QED) is 0.157. The number of aromatic nitrogens is 1. The van der Waals surface area contributed by atoms with Gasteiger partial charge in [0.15, 0.2) is 5.82 Å². The molecule has 0 spiro atoms. The number of nitrogens with zero attached hydrogens (tertiary/aromatic N) is 1. The fourth-order valence-electron chi connectivity index (χ4n) is 3.49. The highest BCUT2D eigenvalue weighted by molar-refractivity contribution is 5.88. The number of pyridine rings is 1. The predicted octanol–water partition coefficient (Wildman–Crippen LogP) is 7.99. The van der Waals surface area contributed by atoms with Gasteiger partial charge in [0.05, 0.1) is 16.6 Å². The highest BCUT2D eigenvalue weighted by Crippen LogP contribution is 2.29. The summed E-state index contributed by atoms with van der Waals surface area (Å²) in [4.78, 5) is 4.12. The maximum absolute atomic E-state index is 14.6. The highest BCUT2D eigenvalue weighted by Gasteiger charge is 2.24. The molecule has 36 heavy (non-hydrogen) atoms. The zero-order valence-corrected chi connectivity index (χ0v) is 18.2. The fourth-order valence-corrected chi connectivity index (χ4v) is 3.49. The van der Waals surface area contributed by atoms with E-state index in [4.69, 9.17) is 0 Å². The second-order valence-electron chi connectivity index (χ2n) is 7.80. The minimum absolute atomic E-state index is 0.00370. The smallest absolute Gasteiger partial charge is 0.256 e. The van der Waals surface area contributed by atoms with Gasteiger partial charge in [0.2, 0.25) is 0 Å². The van der Waals surface area contributed by atoms with Gasteiger partial charge in [-0.2, -0.15) is 13.2 Å². The lowest BCUT2D eigenvalue weighted by Gasteiger charge is -2.08. The molecule has 0 N–H and O–H groups in total. The summed E-state index contributed by atoms with van der Waals surface area (Å²) in [5, 5.41) is -1.09. The van der Waals surface area contributed by atoms with Crippen molar-refractivity contribution >= 4 is 22.9 Å². The average Bonchev–Trinajstić information content (AvgIpc) is 2.77. The summed E-state index contributed by atoms with van der Waals surface area (Å²) in [6.45, 7) is 1.81. The van der Waals surface area contributed by atoms with E-state index in [0.29, 0.717) is 11.8 Å². The van der Waals surface area contributed by atoms with Gasteiger partial charge in [-0.1, -0.05) is 18.1 Å². The Morgan fingerprint density at radius 1 is 0.806 bits per heavy atom. The van der Waals surface area contributed by atoms with E-state index in [1.54, 1.807) is 18.3 Å². The molecule has 0 saturated heterocycles. The molecule has 1 heterocycles. The standard InChI is InChI=1S/C27H13F8N/c1-14-2-5-24(36-13-14)16-10-20(28)18(21(29)11-16)4-3-15-8-17-12-22(30)19(6-7-27(33,34)35)26(32)25(17)23(31)9-15/h2-5,8-13H,1H3/b4-3+. The summed E-state index contributed by atoms with van der Waals surface area (Å²) in [5.41, 5.74) is -0.248. The molecule has 182 valence electrons. The van der Waals surface area contributed by atoms with Crippen LogP contribution in [0, 0.1) is 47.9 Å². The van der Waals surface area contributed by atoms with Crippen LogP contribution in [-0.2, 0) is 0 Å². The third kappa shape index (κ3) is 5.23. The molecule has 0 aliphatic carbocycles. The van der Waals surface area contributed by atoms with Crippen LogP contribution >= 0.6 is 0 Å². The molecule has 4 aromatic rings. The molecule has 4 rings (SSSR count). The van der Waals surface area contributed by atoms with Crippen LogP contribution in [0.4, 0.5) is 35.1 Å². The Bertz CT molecular complexity index is 1550. The van der Waals surface area contributed by atoms with Crippen LogP contribution in [0.3, 0.4) is 0 Å². The SMILES string of the molecule is Cc1ccc(-c2cc(F)c(/C=C/c3cc(F)c4c(F)c(C#CC(F)(F)F)c(F)cc4c3)c(F)c2)nc1. The first-order valence-electron chi connectivity index (χ1n) is 10.2. The van der Waals surface area contributed by atoms with E-state index >= 15 is 0 Å². The Morgan fingerprint density at radius 3 is 2.11 bits per heavy atom. The van der Waals surface area contributed by atoms with Gasteiger partial charge in [0.1, 0.15) is 23.3 Å². The molecule has 0 unspecified atom stereocenters. The molecular formula is C27H13F8N. The normalized spacial score (nSPS) is 11.7. The van der Waals surface area contributed by atoms with E-state index in [1.807, 2.05) is 6.92 Å². The van der Waals surface area contributed by atoms with Crippen LogP contribution in [0.25, 0.3) is 34.2 Å². The molecule has 0 bridgehead atoms. The molecule has 0 atom stereocenters. The zero-order valence-electron chi connectivity index (χ0n) is 18.2. The summed E-state index contributed by atoms with van der Waals surface area (Å²) in [6, 6.07) is 8.03. The second kappa shape index (κ2) is 9.46. The van der Waals surface area contributed by atoms with E-state index in [0.717, 1.165) is 47.9 Å². The molecule has 0 aliphatic heterocycles. The minimum Gasteiger partial charge on any atom is -0.256 e. The molecule has 0 saturated carbocycles. The number of alkyl halides is 3. The number of halogens is 8. The lowest BCUT2D eigenvalue weighted by molar-refractivity contribution is -0.0696. The highest BCUT2D eigenvalue weighted by atomic mass is 19.4. The maximum atomic E-state index is 14.6. The van der Waals surface area contributed by atoms with Gasteiger partial charge in [-0.25, -0.2) is 22.0 Å². The number of rotatable bonds is 3. The van der Waals surface area contributed by atoms with E-state index < -0.39 is 51.8 Å². The fraction of sp³-hybridized carbons (Fsp3) is 0.0741. The maximum Gasteiger partial charge on any atom is 0.458 e. The van der Waals surface area contributed by atoms with Gasteiger partial charge in [0.25, 0.3) is 0 Å². The molecule has 0 radical (unpaired) electrons. The molecule has 9 heteroatoms. The minimum atomic E-state index is -5.00. The molecule has 0 aliphatic rings. The van der Waals surface area contributed by atoms with E-state index in [-0.39, 0.29) is 16.5 Å². The summed E-state index contributed by atoms with van der Waals surface area (Å²) >= 11 is 0. The number of fused-ring (bicyclic) bond motifs is 1. The van der Waals surface area contributed by atoms with Gasteiger partial charge in [-0.15, -0.1) is 0 Å². The third-order valence-corrected chi connectivity index (χ3v) is 5.16. The Kier molecular flexibility index (Phi) is 6.55. The van der Waals surface area contributed by atoms with Crippen molar-refractivity contribution in [3.63, 3.8) is 0 Å². The monoisotopic (exact) mass is 503 g/mol. The van der Waals surface area contributed by atoms with Crippen molar-refractivity contribution in [2.75, 3.05) is 0 Å². The summed E-state index contributed by atoms with van der Waals surface area (Å²) in [5.74, 6) is -3.99. The van der Waals surface area contributed by atoms with Crippen molar-refractivity contribution in [3.05, 3.63) is 100 Å². The molecule has 0 amide bonds. The van der Waals surface area contributed by atoms with Crippen molar-refractivity contribution in [1.29, 1.82) is 0 Å². The first-order valence-corrected chi connectivity index (χ1v) is 10.2. The number of hydrogen-bond acceptors (Lipinski definition) is 1. The van der Waals surface area contributed by atoms with Crippen molar-refractivity contribution in [2.24, 2.45) is 0 Å². The Labute approximate surface area is 199 Å². The van der Waals surface area contributed by atoms with Crippen molar-refractivity contribution in [1.82, 2.24) is 4.98 Å². The van der Waals surface area contributed by atoms with E-state index in [9.17, 15) is 35.1 Å². The lowest BCUT2D eigenvalue weighted by Crippen LogP contribution is -2.03. The summed E-state index contributed by atoms with van der Waals surface area (Å²) in [7, 11) is 0. The summed E-state index contributed by atoms with van der Waals surface area (Å²) < 4.78 is 110. The first-order chi connectivity index (χ1) is 16.9. The van der Waals surface area contributed by atoms with Gasteiger partial charge in [-0.3, -0.25) is 4.98 Å². The van der Waals surface area contributed by atoms with Gasteiger partial charge in [0, 0.05) is 23.2 Å². The number of hydrogen-bond donors (Lipinski definition) is 0. The molecule has 1 nitrogen and oxygen atoms in total. The van der Waals surface area contributed by atoms with Crippen LogP contribution in [0.15, 0.2) is 48.7 Å². The average molecular weight is 503 g/mol. The Morgan fingerprint density at radius 2 is 1.50 bits per heavy atom. The second-order valence-corrected chi connectivity index (χ2v) is 7.80. The van der Waals surface area contributed by atoms with Crippen molar-refractivity contribution in [2.45, 2.75) is 13.1 Å². The third-order valence-electron chi connectivity index (χ3n) is 5.16. The van der Waals surface area contributed by atoms with Crippen molar-refractivity contribution < 1.29 is 35.1 Å². The lowest BCUT2D eigenvalue weighted by atomic mass is 10.0. The number of benzene rings is 3. The van der Waals surface area contributed by atoms with Crippen molar-refractivity contribution in [3.8, 4) is 23.1 Å². The molecular weight excluding hydrogens is 490 g/mol. The van der Waals surface area contributed by atoms with E-state index in [2.05, 4.69) is 4.98 Å². The Hall–Kier alpha value is -4.19. The first kappa shape index (κ1) is 24.9. The molecule has 3 aromatic carbocycles. The largest absolute Gasteiger partial charge is 0.458 e. The Balaban J connectivity index is 1.71. The van der Waals surface area contributed by atoms with E-state index in [1.165, 1.54) is 5.92 Å². The van der Waals surface area contributed by atoms with Crippen LogP contribution in [-0.4, -0.2) is 11.2 Å². The number of aryl methyl sites for hydroxylation is 1. The molecule has 0 fully saturated rings. The predicted molar refractivity (Wildman–Crippen MR) is 120 cm³/mol. The zero-order chi connectivity index (χ0) is 26.2. The van der Waals surface area contributed by atoms with Gasteiger partial charge >= 0.3 is 6.18 Å². The summed E-state index contributed by atoms with van der Waals surface area (Å²) in [6.07, 6.45) is -1.31. The van der Waals surface area contributed by atoms with Crippen LogP contribution < -0.4 is 0 Å².